The number of carbonyl (C=O) groups is 1. The van der Waals surface area contributed by atoms with E-state index in [4.69, 9.17) is 4.74 Å². The molecule has 4 rings (SSSR count). The normalized spacial score (nSPS) is 11.8. The third-order valence-corrected chi connectivity index (χ3v) is 5.50. The number of nitrogens with zero attached hydrogens (tertiary/aromatic N) is 3. The number of halogens is 4. The van der Waals surface area contributed by atoms with Crippen LogP contribution in [0.1, 0.15) is 25.1 Å². The van der Waals surface area contributed by atoms with Crippen molar-refractivity contribution in [1.29, 1.82) is 0 Å². The highest BCUT2D eigenvalue weighted by Gasteiger charge is 2.31. The topological polar surface area (TPSA) is 81.1 Å². The number of ether oxygens (including phenoxy) is 1. The molecule has 0 spiro atoms. The number of carbonyl (C=O) groups excluding carboxylic acids is 1. The number of hydrogen-bond acceptors (Lipinski definition) is 6. The zero-order chi connectivity index (χ0) is 26.7. The minimum absolute atomic E-state index is 0.00508. The fourth-order valence-corrected chi connectivity index (χ4v) is 3.61. The lowest BCUT2D eigenvalue weighted by Gasteiger charge is -2.11. The maximum absolute atomic E-state index is 14.2. The van der Waals surface area contributed by atoms with E-state index < -0.39 is 17.6 Å². The number of benzene rings is 2. The van der Waals surface area contributed by atoms with Gasteiger partial charge in [0.25, 0.3) is 0 Å². The molecule has 2 heterocycles. The Morgan fingerprint density at radius 3 is 2.57 bits per heavy atom. The molecule has 37 heavy (non-hydrogen) atoms. The van der Waals surface area contributed by atoms with Gasteiger partial charge in [0.1, 0.15) is 17.3 Å². The number of anilines is 2. The Bertz CT molecular complexity index is 1430. The molecule has 2 aromatic heterocycles. The molecule has 0 aliphatic carbocycles. The molecule has 0 fully saturated rings. The Morgan fingerprint density at radius 1 is 1.08 bits per heavy atom. The van der Waals surface area contributed by atoms with E-state index >= 15 is 0 Å². The van der Waals surface area contributed by atoms with Gasteiger partial charge in [-0.2, -0.15) is 13.2 Å². The molecule has 2 N–H and O–H groups in total. The molecule has 0 saturated carbocycles. The van der Waals surface area contributed by atoms with Gasteiger partial charge in [-0.3, -0.25) is 9.78 Å². The van der Waals surface area contributed by atoms with Crippen molar-refractivity contribution in [2.45, 2.75) is 32.5 Å². The maximum Gasteiger partial charge on any atom is 0.416 e. The van der Waals surface area contributed by atoms with Gasteiger partial charge in [0, 0.05) is 31.4 Å². The molecule has 2 aromatic carbocycles. The quantitative estimate of drug-likeness (QED) is 0.276. The third kappa shape index (κ3) is 6.42. The summed E-state index contributed by atoms with van der Waals surface area (Å²) in [5.74, 6) is 0.258. The molecule has 0 atom stereocenters. The SMILES string of the molecule is CC(C)NCC(=O)Cc1cc(Oc2ccc3c(c2)nc(Nc2cc(C(F)(F)F)ccc2F)n3C)ccn1. The Morgan fingerprint density at radius 2 is 1.84 bits per heavy atom. The number of ketones is 1. The molecule has 0 radical (unpaired) electrons. The molecule has 7 nitrogen and oxygen atoms in total. The van der Waals surface area contributed by atoms with E-state index in [-0.39, 0.29) is 36.4 Å². The highest BCUT2D eigenvalue weighted by molar-refractivity contribution is 5.82. The van der Waals surface area contributed by atoms with Gasteiger partial charge in [-0.15, -0.1) is 0 Å². The number of aromatic nitrogens is 3. The Kier molecular flexibility index (Phi) is 7.44. The van der Waals surface area contributed by atoms with Crippen molar-refractivity contribution in [3.05, 3.63) is 71.8 Å². The third-order valence-electron chi connectivity index (χ3n) is 5.50. The first-order chi connectivity index (χ1) is 17.5. The predicted molar refractivity (Wildman–Crippen MR) is 132 cm³/mol. The van der Waals surface area contributed by atoms with Gasteiger partial charge in [0.15, 0.2) is 5.78 Å². The van der Waals surface area contributed by atoms with E-state index in [0.717, 1.165) is 6.07 Å². The van der Waals surface area contributed by atoms with E-state index in [9.17, 15) is 22.4 Å². The van der Waals surface area contributed by atoms with Gasteiger partial charge in [0.2, 0.25) is 5.95 Å². The largest absolute Gasteiger partial charge is 0.457 e. The van der Waals surface area contributed by atoms with Gasteiger partial charge in [-0.1, -0.05) is 13.8 Å². The molecular weight excluding hydrogens is 490 g/mol. The van der Waals surface area contributed by atoms with Crippen LogP contribution in [0.3, 0.4) is 0 Å². The highest BCUT2D eigenvalue weighted by Crippen LogP contribution is 2.33. The van der Waals surface area contributed by atoms with Crippen LogP contribution >= 0.6 is 0 Å². The summed E-state index contributed by atoms with van der Waals surface area (Å²) in [7, 11) is 1.66. The molecular formula is C26H25F4N5O2. The summed E-state index contributed by atoms with van der Waals surface area (Å²) in [6.07, 6.45) is -2.89. The molecule has 194 valence electrons. The summed E-state index contributed by atoms with van der Waals surface area (Å²) in [6.45, 7) is 4.17. The van der Waals surface area contributed by atoms with E-state index in [2.05, 4.69) is 20.6 Å². The summed E-state index contributed by atoms with van der Waals surface area (Å²) in [5, 5.41) is 5.72. The average molecular weight is 516 g/mol. The van der Waals surface area contributed by atoms with Crippen LogP contribution in [0.25, 0.3) is 11.0 Å². The van der Waals surface area contributed by atoms with Crippen molar-refractivity contribution in [1.82, 2.24) is 19.9 Å². The van der Waals surface area contributed by atoms with Crippen LogP contribution < -0.4 is 15.4 Å². The molecule has 0 saturated heterocycles. The van der Waals surface area contributed by atoms with Gasteiger partial charge in [-0.25, -0.2) is 9.37 Å². The number of imidazole rings is 1. The van der Waals surface area contributed by atoms with Crippen molar-refractivity contribution in [3.8, 4) is 11.5 Å². The second-order valence-electron chi connectivity index (χ2n) is 8.80. The first kappa shape index (κ1) is 26.1. The smallest absolute Gasteiger partial charge is 0.416 e. The van der Waals surface area contributed by atoms with Crippen molar-refractivity contribution in [2.24, 2.45) is 7.05 Å². The van der Waals surface area contributed by atoms with Gasteiger partial charge >= 0.3 is 6.18 Å². The molecule has 0 amide bonds. The van der Waals surface area contributed by atoms with E-state index in [1.165, 1.54) is 0 Å². The zero-order valence-corrected chi connectivity index (χ0v) is 20.4. The molecule has 11 heteroatoms. The summed E-state index contributed by atoms with van der Waals surface area (Å²) in [5.41, 5.74) is 0.397. The highest BCUT2D eigenvalue weighted by atomic mass is 19.4. The second-order valence-corrected chi connectivity index (χ2v) is 8.80. The first-order valence-corrected chi connectivity index (χ1v) is 11.5. The van der Waals surface area contributed by atoms with Crippen molar-refractivity contribution in [3.63, 3.8) is 0 Å². The Labute approximate surface area is 210 Å². The van der Waals surface area contributed by atoms with Gasteiger partial charge in [0.05, 0.1) is 40.9 Å². The predicted octanol–water partition coefficient (Wildman–Crippen LogP) is 5.77. The van der Waals surface area contributed by atoms with Crippen LogP contribution in [0, 0.1) is 5.82 Å². The first-order valence-electron chi connectivity index (χ1n) is 11.5. The fraction of sp³-hybridized carbons (Fsp3) is 0.269. The molecule has 0 aliphatic heterocycles. The number of pyridine rings is 1. The monoisotopic (exact) mass is 515 g/mol. The summed E-state index contributed by atoms with van der Waals surface area (Å²) in [6, 6.07) is 10.8. The van der Waals surface area contributed by atoms with E-state index in [1.54, 1.807) is 48.1 Å². The van der Waals surface area contributed by atoms with Crippen molar-refractivity contribution < 1.29 is 27.1 Å². The van der Waals surface area contributed by atoms with Crippen LogP contribution in [0.2, 0.25) is 0 Å². The number of Topliss-reactive ketones (excluding diaryl/α,β-unsaturated/α-hetero) is 1. The van der Waals surface area contributed by atoms with Crippen LogP contribution in [-0.2, 0) is 24.4 Å². The minimum Gasteiger partial charge on any atom is -0.457 e. The summed E-state index contributed by atoms with van der Waals surface area (Å²) < 4.78 is 60.9. The Balaban J connectivity index is 1.52. The Hall–Kier alpha value is -3.99. The molecule has 4 aromatic rings. The van der Waals surface area contributed by atoms with Crippen LogP contribution in [-0.4, -0.2) is 32.9 Å². The molecule has 0 aliphatic rings. The minimum atomic E-state index is -4.60. The lowest BCUT2D eigenvalue weighted by Crippen LogP contribution is -2.30. The standard InChI is InChI=1S/C26H25F4N5O2/c1-15(2)32-14-18(36)11-17-12-20(8-9-31-17)37-19-5-7-24-23(13-19)34-25(35(24)3)33-22-10-16(26(28,29)30)4-6-21(22)27/h4-10,12-13,15,32H,11,14H2,1-3H3,(H,33,34). The molecule has 0 bridgehead atoms. The number of fused-ring (bicyclic) bond motifs is 1. The number of nitrogens with one attached hydrogen (secondary N) is 2. The summed E-state index contributed by atoms with van der Waals surface area (Å²) >= 11 is 0. The van der Waals surface area contributed by atoms with Crippen LogP contribution in [0.4, 0.5) is 29.2 Å². The van der Waals surface area contributed by atoms with Crippen LogP contribution in [0.15, 0.2) is 54.7 Å². The second kappa shape index (κ2) is 10.6. The van der Waals surface area contributed by atoms with Crippen molar-refractivity contribution >= 4 is 28.5 Å². The lowest BCUT2D eigenvalue weighted by atomic mass is 10.2. The maximum atomic E-state index is 14.2. The van der Waals surface area contributed by atoms with Gasteiger partial charge < -0.3 is 19.9 Å². The van der Waals surface area contributed by atoms with Crippen LogP contribution in [0.5, 0.6) is 11.5 Å². The van der Waals surface area contributed by atoms with Gasteiger partial charge in [-0.05, 0) is 36.4 Å². The van der Waals surface area contributed by atoms with Crippen molar-refractivity contribution in [2.75, 3.05) is 11.9 Å². The molecule has 0 unspecified atom stereocenters. The number of alkyl halides is 3. The number of hydrogen-bond donors (Lipinski definition) is 2. The lowest BCUT2D eigenvalue weighted by molar-refractivity contribution is -0.137. The zero-order valence-electron chi connectivity index (χ0n) is 20.4. The number of aryl methyl sites for hydroxylation is 1. The number of rotatable bonds is 9. The van der Waals surface area contributed by atoms with E-state index in [1.807, 2.05) is 13.8 Å². The fourth-order valence-electron chi connectivity index (χ4n) is 3.61. The summed E-state index contributed by atoms with van der Waals surface area (Å²) in [4.78, 5) is 20.8. The van der Waals surface area contributed by atoms with E-state index in [0.29, 0.717) is 40.4 Å². The average Bonchev–Trinajstić information content (AvgIpc) is 3.13.